The first-order valence-electron chi connectivity index (χ1n) is 3.58. The van der Waals surface area contributed by atoms with E-state index >= 15 is 0 Å². The average molecular weight is 150 g/mol. The van der Waals surface area contributed by atoms with Crippen LogP contribution in [0.5, 0.6) is 0 Å². The van der Waals surface area contributed by atoms with Crippen molar-refractivity contribution < 1.29 is 0 Å². The van der Waals surface area contributed by atoms with Crippen LogP contribution in [0.15, 0.2) is 15.1 Å². The van der Waals surface area contributed by atoms with E-state index in [4.69, 9.17) is 0 Å². The van der Waals surface area contributed by atoms with Crippen LogP contribution in [0.1, 0.15) is 6.92 Å². The molecule has 0 fully saturated rings. The van der Waals surface area contributed by atoms with E-state index < -0.39 is 0 Å². The number of likely N-dealkylation sites (N-methyl/N-ethyl adjacent to an activating group) is 1. The average Bonchev–Trinajstić information content (AvgIpc) is 2.29. The Labute approximate surface area is 65.3 Å². The quantitative estimate of drug-likeness (QED) is 0.485. The summed E-state index contributed by atoms with van der Waals surface area (Å²) in [5.41, 5.74) is -0.269. The molecule has 0 amide bonds. The molecule has 0 aliphatic carbocycles. The summed E-state index contributed by atoms with van der Waals surface area (Å²) in [7, 11) is 1.91. The van der Waals surface area contributed by atoms with Crippen molar-refractivity contribution in [2.75, 3.05) is 7.05 Å². The van der Waals surface area contributed by atoms with Crippen LogP contribution in [0.4, 0.5) is 0 Å². The first-order chi connectivity index (χ1) is 5.23. The number of nitrogens with zero attached hydrogens (tertiary/aromatic N) is 4. The van der Waals surface area contributed by atoms with Crippen LogP contribution in [0.2, 0.25) is 0 Å². The maximum absolute atomic E-state index is 4.33. The van der Waals surface area contributed by atoms with Gasteiger partial charge in [0.1, 0.15) is 6.04 Å². The third-order valence-electron chi connectivity index (χ3n) is 2.25. The molecule has 4 heteroatoms. The van der Waals surface area contributed by atoms with Crippen LogP contribution in [0.3, 0.4) is 0 Å². The Hall–Kier alpha value is -1.19. The van der Waals surface area contributed by atoms with Gasteiger partial charge < -0.3 is 0 Å². The van der Waals surface area contributed by atoms with E-state index in [2.05, 4.69) is 15.1 Å². The van der Waals surface area contributed by atoms with Crippen molar-refractivity contribution >= 4 is 18.6 Å². The van der Waals surface area contributed by atoms with Gasteiger partial charge in [-0.05, 0) is 6.92 Å². The molecule has 0 spiro atoms. The molecule has 2 atom stereocenters. The van der Waals surface area contributed by atoms with Gasteiger partial charge >= 0.3 is 0 Å². The molecule has 0 saturated carbocycles. The van der Waals surface area contributed by atoms with Crippen molar-refractivity contribution in [3.05, 3.63) is 0 Å². The maximum atomic E-state index is 4.33. The highest BCUT2D eigenvalue weighted by atomic mass is 15.5. The lowest BCUT2D eigenvalue weighted by atomic mass is 10.1. The summed E-state index contributed by atoms with van der Waals surface area (Å²) in [4.78, 5) is 8.58. The summed E-state index contributed by atoms with van der Waals surface area (Å²) >= 11 is 0. The van der Waals surface area contributed by atoms with Crippen molar-refractivity contribution in [2.45, 2.75) is 18.6 Å². The van der Waals surface area contributed by atoms with Crippen LogP contribution >= 0.6 is 0 Å². The first kappa shape index (κ1) is 6.52. The number of hydrogen-bond donors (Lipinski definition) is 0. The Bertz CT molecular complexity index is 255. The lowest BCUT2D eigenvalue weighted by Gasteiger charge is -2.31. The molecule has 2 aliphatic heterocycles. The Morgan fingerprint density at radius 1 is 1.45 bits per heavy atom. The number of rotatable bonds is 0. The van der Waals surface area contributed by atoms with E-state index in [9.17, 15) is 0 Å². The third kappa shape index (κ3) is 0.721. The van der Waals surface area contributed by atoms with Gasteiger partial charge in [0.25, 0.3) is 0 Å². The van der Waals surface area contributed by atoms with Crippen LogP contribution in [-0.4, -0.2) is 42.4 Å². The van der Waals surface area contributed by atoms with E-state index in [1.807, 2.05) is 25.2 Å². The standard InChI is InChI=1S/C7H10N4/c1-7-6(5-10-11(7)2)8-3-4-9-7/h3-6H,1-2H3. The molecule has 0 N–H and O–H groups in total. The van der Waals surface area contributed by atoms with Crippen molar-refractivity contribution in [3.63, 3.8) is 0 Å². The lowest BCUT2D eigenvalue weighted by Crippen LogP contribution is -2.45. The highest BCUT2D eigenvalue weighted by molar-refractivity contribution is 6.17. The number of fused-ring (bicyclic) bond motifs is 1. The fraction of sp³-hybridized carbons (Fsp3) is 0.571. The lowest BCUT2D eigenvalue weighted by molar-refractivity contribution is 0.169. The van der Waals surface area contributed by atoms with Crippen LogP contribution in [0, 0.1) is 0 Å². The zero-order valence-corrected chi connectivity index (χ0v) is 6.60. The molecule has 0 aromatic heterocycles. The van der Waals surface area contributed by atoms with Gasteiger partial charge in [-0.1, -0.05) is 0 Å². The Morgan fingerprint density at radius 3 is 3.00 bits per heavy atom. The first-order valence-corrected chi connectivity index (χ1v) is 3.58. The van der Waals surface area contributed by atoms with Crippen LogP contribution in [0.25, 0.3) is 0 Å². The predicted molar refractivity (Wildman–Crippen MR) is 45.4 cm³/mol. The summed E-state index contributed by atoms with van der Waals surface area (Å²) in [6, 6.07) is 0.0949. The molecule has 2 unspecified atom stereocenters. The molecule has 58 valence electrons. The molecule has 2 aliphatic rings. The molecule has 2 heterocycles. The van der Waals surface area contributed by atoms with Gasteiger partial charge in [-0.3, -0.25) is 15.0 Å². The van der Waals surface area contributed by atoms with E-state index in [0.717, 1.165) is 0 Å². The summed E-state index contributed by atoms with van der Waals surface area (Å²) in [6.07, 6.45) is 5.27. The summed E-state index contributed by atoms with van der Waals surface area (Å²) < 4.78 is 0. The van der Waals surface area contributed by atoms with E-state index in [1.165, 1.54) is 0 Å². The Kier molecular flexibility index (Phi) is 1.13. The zero-order chi connectivity index (χ0) is 7.90. The van der Waals surface area contributed by atoms with Crippen molar-refractivity contribution in [2.24, 2.45) is 15.1 Å². The minimum Gasteiger partial charge on any atom is -0.278 e. The second-order valence-corrected chi connectivity index (χ2v) is 2.90. The van der Waals surface area contributed by atoms with Crippen molar-refractivity contribution in [1.82, 2.24) is 5.01 Å². The van der Waals surface area contributed by atoms with Gasteiger partial charge in [-0.15, -0.1) is 0 Å². The molecule has 0 radical (unpaired) electrons. The van der Waals surface area contributed by atoms with Gasteiger partial charge in [-0.25, -0.2) is 0 Å². The van der Waals surface area contributed by atoms with Crippen molar-refractivity contribution in [1.29, 1.82) is 0 Å². The second-order valence-electron chi connectivity index (χ2n) is 2.90. The van der Waals surface area contributed by atoms with Crippen LogP contribution in [-0.2, 0) is 0 Å². The van der Waals surface area contributed by atoms with Gasteiger partial charge in [0.05, 0.1) is 6.21 Å². The highest BCUT2D eigenvalue weighted by Crippen LogP contribution is 2.27. The number of hydrazone groups is 1. The van der Waals surface area contributed by atoms with Gasteiger partial charge in [0.15, 0.2) is 5.66 Å². The van der Waals surface area contributed by atoms with E-state index in [-0.39, 0.29) is 11.7 Å². The Balaban J connectivity index is 2.39. The second kappa shape index (κ2) is 1.90. The number of hydrogen-bond acceptors (Lipinski definition) is 4. The van der Waals surface area contributed by atoms with Gasteiger partial charge in [0.2, 0.25) is 0 Å². The normalized spacial score (nSPS) is 39.8. The topological polar surface area (TPSA) is 40.3 Å². The molecule has 4 nitrogen and oxygen atoms in total. The van der Waals surface area contributed by atoms with Gasteiger partial charge in [0, 0.05) is 19.5 Å². The molecule has 11 heavy (non-hydrogen) atoms. The maximum Gasteiger partial charge on any atom is 0.171 e. The minimum absolute atomic E-state index is 0.0949. The molecule has 0 bridgehead atoms. The molecule has 2 rings (SSSR count). The summed E-state index contributed by atoms with van der Waals surface area (Å²) in [5, 5.41) is 5.97. The fourth-order valence-electron chi connectivity index (χ4n) is 1.27. The Morgan fingerprint density at radius 2 is 2.27 bits per heavy atom. The minimum atomic E-state index is -0.269. The molecule has 0 aromatic rings. The fourth-order valence-corrected chi connectivity index (χ4v) is 1.27. The molecular formula is C7H10N4. The monoisotopic (exact) mass is 150 g/mol. The van der Waals surface area contributed by atoms with E-state index in [1.54, 1.807) is 12.4 Å². The van der Waals surface area contributed by atoms with Crippen molar-refractivity contribution in [3.8, 4) is 0 Å². The number of aliphatic imine (C=N–C) groups is 2. The molecule has 0 aromatic carbocycles. The molecular weight excluding hydrogens is 140 g/mol. The third-order valence-corrected chi connectivity index (χ3v) is 2.25. The smallest absolute Gasteiger partial charge is 0.171 e. The SMILES string of the molecule is CN1N=CC2N=CC=NC21C. The highest BCUT2D eigenvalue weighted by Gasteiger charge is 2.41. The van der Waals surface area contributed by atoms with Crippen LogP contribution < -0.4 is 0 Å². The summed E-state index contributed by atoms with van der Waals surface area (Å²) in [6.45, 7) is 2.03. The van der Waals surface area contributed by atoms with Gasteiger partial charge in [-0.2, -0.15) is 5.10 Å². The largest absolute Gasteiger partial charge is 0.278 e. The molecule has 0 saturated heterocycles. The summed E-state index contributed by atoms with van der Waals surface area (Å²) in [5.74, 6) is 0. The van der Waals surface area contributed by atoms with E-state index in [0.29, 0.717) is 0 Å². The zero-order valence-electron chi connectivity index (χ0n) is 6.60. The predicted octanol–water partition coefficient (Wildman–Crippen LogP) is 0.158.